The number of H-pyrrole nitrogens is 1. The zero-order chi connectivity index (χ0) is 17.4. The van der Waals surface area contributed by atoms with Gasteiger partial charge in [-0.1, -0.05) is 0 Å². The highest BCUT2D eigenvalue weighted by Gasteiger charge is 2.21. The van der Waals surface area contributed by atoms with Crippen molar-refractivity contribution in [1.82, 2.24) is 9.97 Å². The summed E-state index contributed by atoms with van der Waals surface area (Å²) in [6.07, 6.45) is 1.39. The van der Waals surface area contributed by atoms with Crippen LogP contribution >= 0.6 is 0 Å². The van der Waals surface area contributed by atoms with Crippen molar-refractivity contribution in [3.8, 4) is 11.5 Å². The van der Waals surface area contributed by atoms with Crippen molar-refractivity contribution < 1.29 is 18.3 Å². The average Bonchev–Trinajstić information content (AvgIpc) is 3.12. The molecule has 2 aromatic carbocycles. The van der Waals surface area contributed by atoms with Gasteiger partial charge in [-0.15, -0.1) is 0 Å². The minimum Gasteiger partial charge on any atom is -0.454 e. The smallest absolute Gasteiger partial charge is 0.258 e. The van der Waals surface area contributed by atoms with Crippen molar-refractivity contribution in [2.45, 2.75) is 18.9 Å². The Bertz CT molecular complexity index is 980. The quantitative estimate of drug-likeness (QED) is 0.784. The fourth-order valence-corrected chi connectivity index (χ4v) is 2.81. The summed E-state index contributed by atoms with van der Waals surface area (Å²) in [7, 11) is 0. The Labute approximate surface area is 141 Å². The van der Waals surface area contributed by atoms with Gasteiger partial charge in [-0.25, -0.2) is 13.8 Å². The summed E-state index contributed by atoms with van der Waals surface area (Å²) < 4.78 is 38.2. The molecule has 5 nitrogen and oxygen atoms in total. The second-order valence-electron chi connectivity index (χ2n) is 5.81. The van der Waals surface area contributed by atoms with Gasteiger partial charge in [-0.05, 0) is 43.2 Å². The van der Waals surface area contributed by atoms with Gasteiger partial charge < -0.3 is 14.5 Å². The average molecular weight is 344 g/mol. The fourth-order valence-electron chi connectivity index (χ4n) is 2.81. The summed E-state index contributed by atoms with van der Waals surface area (Å²) in [5, 5.41) is 0.209. The Balaban J connectivity index is 1.73. The van der Waals surface area contributed by atoms with E-state index in [-0.39, 0.29) is 34.1 Å². The van der Waals surface area contributed by atoms with Crippen molar-refractivity contribution >= 4 is 10.9 Å². The number of nitrogens with one attached hydrogen (secondary N) is 1. The number of hydrogen-bond donors (Lipinski definition) is 1. The van der Waals surface area contributed by atoms with Crippen LogP contribution in [0.1, 0.15) is 24.8 Å². The molecule has 1 N–H and O–H groups in total. The number of aromatic nitrogens is 2. The molecule has 1 atom stereocenters. The number of aromatic amines is 1. The van der Waals surface area contributed by atoms with E-state index < -0.39 is 11.6 Å². The second kappa shape index (κ2) is 6.25. The Kier molecular flexibility index (Phi) is 3.93. The van der Waals surface area contributed by atoms with Gasteiger partial charge >= 0.3 is 0 Å². The Hall–Kier alpha value is -2.80. The molecule has 1 saturated heterocycles. The Morgan fingerprint density at radius 1 is 1.20 bits per heavy atom. The highest BCUT2D eigenvalue weighted by Crippen LogP contribution is 2.29. The van der Waals surface area contributed by atoms with Gasteiger partial charge in [0.25, 0.3) is 5.56 Å². The number of benzene rings is 2. The molecule has 4 rings (SSSR count). The molecule has 0 unspecified atom stereocenters. The van der Waals surface area contributed by atoms with E-state index in [4.69, 9.17) is 9.47 Å². The number of halogens is 2. The highest BCUT2D eigenvalue weighted by atomic mass is 19.1. The molecule has 2 heterocycles. The van der Waals surface area contributed by atoms with Gasteiger partial charge in [0.1, 0.15) is 23.5 Å². The molecule has 0 aliphatic carbocycles. The van der Waals surface area contributed by atoms with Gasteiger partial charge in [0.2, 0.25) is 0 Å². The van der Waals surface area contributed by atoms with Crippen molar-refractivity contribution in [3.05, 3.63) is 64.2 Å². The molecular weight excluding hydrogens is 330 g/mol. The molecule has 7 heteroatoms. The number of ether oxygens (including phenoxy) is 2. The molecule has 0 radical (unpaired) electrons. The van der Waals surface area contributed by atoms with Crippen molar-refractivity contribution in [3.63, 3.8) is 0 Å². The monoisotopic (exact) mass is 344 g/mol. The van der Waals surface area contributed by atoms with Crippen molar-refractivity contribution in [2.75, 3.05) is 6.61 Å². The molecule has 1 aliphatic heterocycles. The van der Waals surface area contributed by atoms with Crippen LogP contribution in [0.5, 0.6) is 11.5 Å². The minimum absolute atomic E-state index is 0.128. The first-order chi connectivity index (χ1) is 12.1. The Morgan fingerprint density at radius 2 is 2.00 bits per heavy atom. The normalized spacial score (nSPS) is 17.1. The molecule has 0 bridgehead atoms. The van der Waals surface area contributed by atoms with E-state index >= 15 is 0 Å². The van der Waals surface area contributed by atoms with E-state index in [1.165, 1.54) is 30.3 Å². The summed E-state index contributed by atoms with van der Waals surface area (Å²) in [5.41, 5.74) is -0.155. The van der Waals surface area contributed by atoms with Crippen molar-refractivity contribution in [2.24, 2.45) is 0 Å². The molecule has 128 valence electrons. The van der Waals surface area contributed by atoms with Gasteiger partial charge in [0.15, 0.2) is 11.6 Å². The van der Waals surface area contributed by atoms with E-state index in [0.29, 0.717) is 12.4 Å². The van der Waals surface area contributed by atoms with E-state index in [0.717, 1.165) is 18.9 Å². The van der Waals surface area contributed by atoms with Crippen LogP contribution in [0.3, 0.4) is 0 Å². The first-order valence-corrected chi connectivity index (χ1v) is 7.88. The largest absolute Gasteiger partial charge is 0.454 e. The van der Waals surface area contributed by atoms with Crippen LogP contribution in [0.2, 0.25) is 0 Å². The number of fused-ring (bicyclic) bond motifs is 1. The summed E-state index contributed by atoms with van der Waals surface area (Å²) in [6, 6.07) is 7.61. The topological polar surface area (TPSA) is 64.2 Å². The SMILES string of the molecule is O=c1[nH]c([C@@H]2CCCO2)nc2cc(F)c(Oc3ccc(F)cc3)cc12. The van der Waals surface area contributed by atoms with E-state index in [9.17, 15) is 13.6 Å². The Morgan fingerprint density at radius 3 is 2.72 bits per heavy atom. The third kappa shape index (κ3) is 3.10. The van der Waals surface area contributed by atoms with E-state index in [1.807, 2.05) is 0 Å². The summed E-state index contributed by atoms with van der Waals surface area (Å²) in [4.78, 5) is 19.3. The molecule has 0 amide bonds. The first kappa shape index (κ1) is 15.7. The van der Waals surface area contributed by atoms with Crippen LogP contribution < -0.4 is 10.3 Å². The van der Waals surface area contributed by atoms with Gasteiger partial charge in [0.05, 0.1) is 10.9 Å². The fraction of sp³-hybridized carbons (Fsp3) is 0.222. The van der Waals surface area contributed by atoms with Crippen LogP contribution in [-0.2, 0) is 4.74 Å². The maximum absolute atomic E-state index is 14.3. The number of nitrogens with zero attached hydrogens (tertiary/aromatic N) is 1. The van der Waals surface area contributed by atoms with Crippen LogP contribution in [0.25, 0.3) is 10.9 Å². The molecule has 25 heavy (non-hydrogen) atoms. The van der Waals surface area contributed by atoms with Crippen LogP contribution in [0.4, 0.5) is 8.78 Å². The molecule has 0 saturated carbocycles. The predicted molar refractivity (Wildman–Crippen MR) is 86.7 cm³/mol. The van der Waals surface area contributed by atoms with Crippen LogP contribution in [-0.4, -0.2) is 16.6 Å². The second-order valence-corrected chi connectivity index (χ2v) is 5.81. The third-order valence-electron chi connectivity index (χ3n) is 4.05. The molecule has 1 aromatic heterocycles. The molecular formula is C18H14F2N2O3. The zero-order valence-electron chi connectivity index (χ0n) is 13.1. The highest BCUT2D eigenvalue weighted by molar-refractivity contribution is 5.79. The van der Waals surface area contributed by atoms with Gasteiger partial charge in [-0.2, -0.15) is 0 Å². The maximum Gasteiger partial charge on any atom is 0.258 e. The molecule has 0 spiro atoms. The van der Waals surface area contributed by atoms with E-state index in [2.05, 4.69) is 9.97 Å². The van der Waals surface area contributed by atoms with Gasteiger partial charge in [0, 0.05) is 12.7 Å². The van der Waals surface area contributed by atoms with Gasteiger partial charge in [-0.3, -0.25) is 4.79 Å². The lowest BCUT2D eigenvalue weighted by molar-refractivity contribution is 0.105. The lowest BCUT2D eigenvalue weighted by atomic mass is 10.2. The lowest BCUT2D eigenvalue weighted by Gasteiger charge is -2.11. The van der Waals surface area contributed by atoms with E-state index in [1.54, 1.807) is 0 Å². The number of rotatable bonds is 3. The summed E-state index contributed by atoms with van der Waals surface area (Å²) in [6.45, 7) is 0.616. The van der Waals surface area contributed by atoms with Crippen molar-refractivity contribution in [1.29, 1.82) is 0 Å². The molecule has 3 aromatic rings. The summed E-state index contributed by atoms with van der Waals surface area (Å²) in [5.74, 6) is -0.542. The standard InChI is InChI=1S/C18H14F2N2O3/c19-10-3-5-11(6-4-10)25-16-8-12-14(9-13(16)20)21-17(22-18(12)23)15-2-1-7-24-15/h3-6,8-9,15H,1-2,7H2,(H,21,22,23)/t15-/m0/s1. The number of hydrogen-bond acceptors (Lipinski definition) is 4. The maximum atomic E-state index is 14.3. The van der Waals surface area contributed by atoms with Crippen LogP contribution in [0, 0.1) is 11.6 Å². The molecule has 1 aliphatic rings. The molecule has 1 fully saturated rings. The summed E-state index contributed by atoms with van der Waals surface area (Å²) >= 11 is 0. The zero-order valence-corrected chi connectivity index (χ0v) is 13.1. The third-order valence-corrected chi connectivity index (χ3v) is 4.05. The lowest BCUT2D eigenvalue weighted by Crippen LogP contribution is -2.15. The minimum atomic E-state index is -0.659. The van der Waals surface area contributed by atoms with Crippen LogP contribution in [0.15, 0.2) is 41.2 Å². The predicted octanol–water partition coefficient (Wildman–Crippen LogP) is 3.85. The first-order valence-electron chi connectivity index (χ1n) is 7.88.